The number of nitrogens with two attached hydrogens (primary N) is 1. The minimum atomic E-state index is -0.679. The number of rotatable bonds is 4. The Morgan fingerprint density at radius 3 is 2.62 bits per heavy atom. The summed E-state index contributed by atoms with van der Waals surface area (Å²) in [5.74, 6) is -0.838. The average molecular weight is 436 g/mol. The van der Waals surface area contributed by atoms with Crippen LogP contribution in [0.4, 0.5) is 10.7 Å². The zero-order valence-electron chi connectivity index (χ0n) is 16.4. The van der Waals surface area contributed by atoms with Gasteiger partial charge in [0, 0.05) is 16.0 Å². The van der Waals surface area contributed by atoms with Gasteiger partial charge in [0.05, 0.1) is 10.5 Å². The standard InChI is InChI=1S/C20H22ClN3O4S/c1-20(2,3)10-4-6-13-15(8-10)29-19(16(13)17(22)25)23-18(26)12-7-5-11(21)9-14(12)24(27)28/h5,7,9-10H,4,6,8H2,1-3H3,(H2,22,25)(H,23,26). The Kier molecular flexibility index (Phi) is 5.69. The number of halogens is 1. The first-order valence-corrected chi connectivity index (χ1v) is 10.4. The van der Waals surface area contributed by atoms with Crippen LogP contribution in [-0.2, 0) is 12.8 Å². The first-order valence-electron chi connectivity index (χ1n) is 9.18. The van der Waals surface area contributed by atoms with Gasteiger partial charge in [-0.15, -0.1) is 11.3 Å². The number of amides is 2. The Labute approximate surface area is 177 Å². The summed E-state index contributed by atoms with van der Waals surface area (Å²) in [5, 5.41) is 14.5. The number of nitrogens with one attached hydrogen (secondary N) is 1. The molecule has 0 radical (unpaired) electrons. The van der Waals surface area contributed by atoms with Crippen molar-refractivity contribution >= 4 is 45.4 Å². The molecule has 1 unspecified atom stereocenters. The number of hydrogen-bond donors (Lipinski definition) is 2. The quantitative estimate of drug-likeness (QED) is 0.529. The van der Waals surface area contributed by atoms with Crippen LogP contribution in [-0.4, -0.2) is 16.7 Å². The van der Waals surface area contributed by atoms with E-state index in [0.717, 1.165) is 29.3 Å². The molecule has 1 aromatic carbocycles. The zero-order chi connectivity index (χ0) is 21.5. The van der Waals surface area contributed by atoms with Crippen LogP contribution in [0.1, 0.15) is 58.3 Å². The van der Waals surface area contributed by atoms with E-state index in [9.17, 15) is 19.7 Å². The summed E-state index contributed by atoms with van der Waals surface area (Å²) in [6, 6.07) is 3.83. The van der Waals surface area contributed by atoms with Crippen LogP contribution < -0.4 is 11.1 Å². The van der Waals surface area contributed by atoms with Crippen molar-refractivity contribution in [2.75, 3.05) is 5.32 Å². The van der Waals surface area contributed by atoms with Gasteiger partial charge in [0.2, 0.25) is 0 Å². The molecule has 9 heteroatoms. The van der Waals surface area contributed by atoms with Gasteiger partial charge in [0.1, 0.15) is 10.6 Å². The normalized spacial score (nSPS) is 16.2. The predicted octanol–water partition coefficient (Wildman–Crippen LogP) is 4.81. The molecule has 0 fully saturated rings. The second-order valence-electron chi connectivity index (χ2n) is 8.25. The number of carbonyl (C=O) groups is 2. The maximum atomic E-state index is 12.8. The highest BCUT2D eigenvalue weighted by Gasteiger charge is 2.34. The van der Waals surface area contributed by atoms with E-state index in [4.69, 9.17) is 17.3 Å². The van der Waals surface area contributed by atoms with E-state index in [1.54, 1.807) is 0 Å². The molecule has 2 aromatic rings. The Balaban J connectivity index is 1.97. The Bertz CT molecular complexity index is 1010. The monoisotopic (exact) mass is 435 g/mol. The first kappa shape index (κ1) is 21.3. The summed E-state index contributed by atoms with van der Waals surface area (Å²) < 4.78 is 0. The van der Waals surface area contributed by atoms with E-state index >= 15 is 0 Å². The topological polar surface area (TPSA) is 115 Å². The number of thiophene rings is 1. The zero-order valence-corrected chi connectivity index (χ0v) is 17.9. The van der Waals surface area contributed by atoms with Crippen molar-refractivity contribution in [1.29, 1.82) is 0 Å². The first-order chi connectivity index (χ1) is 13.5. The van der Waals surface area contributed by atoms with Crippen molar-refractivity contribution in [1.82, 2.24) is 0 Å². The van der Waals surface area contributed by atoms with Crippen LogP contribution in [0, 0.1) is 21.4 Å². The van der Waals surface area contributed by atoms with Gasteiger partial charge in [-0.1, -0.05) is 32.4 Å². The largest absolute Gasteiger partial charge is 0.365 e. The lowest BCUT2D eigenvalue weighted by Crippen LogP contribution is -2.27. The minimum absolute atomic E-state index is 0.127. The molecule has 1 aliphatic carbocycles. The maximum absolute atomic E-state index is 12.8. The van der Waals surface area contributed by atoms with E-state index in [0.29, 0.717) is 22.9 Å². The van der Waals surface area contributed by atoms with Crippen LogP contribution in [0.2, 0.25) is 5.02 Å². The molecule has 1 heterocycles. The summed E-state index contributed by atoms with van der Waals surface area (Å²) >= 11 is 7.14. The maximum Gasteiger partial charge on any atom is 0.283 e. The van der Waals surface area contributed by atoms with E-state index in [2.05, 4.69) is 26.1 Å². The minimum Gasteiger partial charge on any atom is -0.365 e. The molecule has 0 bridgehead atoms. The Morgan fingerprint density at radius 2 is 2.03 bits per heavy atom. The summed E-state index contributed by atoms with van der Waals surface area (Å²) in [7, 11) is 0. The smallest absolute Gasteiger partial charge is 0.283 e. The van der Waals surface area contributed by atoms with Gasteiger partial charge in [-0.2, -0.15) is 0 Å². The van der Waals surface area contributed by atoms with Gasteiger partial charge in [0.15, 0.2) is 0 Å². The number of benzene rings is 1. The van der Waals surface area contributed by atoms with Crippen LogP contribution in [0.15, 0.2) is 18.2 Å². The second-order valence-corrected chi connectivity index (χ2v) is 9.79. The van der Waals surface area contributed by atoms with Crippen molar-refractivity contribution < 1.29 is 14.5 Å². The molecule has 0 saturated heterocycles. The van der Waals surface area contributed by atoms with Crippen molar-refractivity contribution in [2.24, 2.45) is 17.1 Å². The van der Waals surface area contributed by atoms with Crippen molar-refractivity contribution in [2.45, 2.75) is 40.0 Å². The van der Waals surface area contributed by atoms with Crippen LogP contribution in [0.5, 0.6) is 0 Å². The number of hydrogen-bond acceptors (Lipinski definition) is 5. The van der Waals surface area contributed by atoms with Crippen LogP contribution in [0.25, 0.3) is 0 Å². The van der Waals surface area contributed by atoms with Gasteiger partial charge in [0.25, 0.3) is 17.5 Å². The number of nitro benzene ring substituents is 1. The molecule has 3 N–H and O–H groups in total. The molecule has 2 amide bonds. The SMILES string of the molecule is CC(C)(C)C1CCc2c(sc(NC(=O)c3ccc(Cl)cc3[N+](=O)[O-])c2C(N)=O)C1. The molecule has 29 heavy (non-hydrogen) atoms. The molecule has 0 saturated carbocycles. The van der Waals surface area contributed by atoms with E-state index in [-0.39, 0.29) is 16.0 Å². The van der Waals surface area contributed by atoms with Crippen LogP contribution >= 0.6 is 22.9 Å². The van der Waals surface area contributed by atoms with E-state index < -0.39 is 22.4 Å². The second kappa shape index (κ2) is 7.76. The third kappa shape index (κ3) is 4.28. The van der Waals surface area contributed by atoms with Gasteiger partial charge in [-0.3, -0.25) is 19.7 Å². The molecule has 1 aliphatic rings. The highest BCUT2D eigenvalue weighted by Crippen LogP contribution is 2.44. The molecule has 3 rings (SSSR count). The third-order valence-electron chi connectivity index (χ3n) is 5.36. The summed E-state index contributed by atoms with van der Waals surface area (Å²) in [6.45, 7) is 6.56. The molecule has 1 atom stereocenters. The summed E-state index contributed by atoms with van der Waals surface area (Å²) in [6.07, 6.45) is 2.45. The van der Waals surface area contributed by atoms with Gasteiger partial charge >= 0.3 is 0 Å². The number of carbonyl (C=O) groups excluding carboxylic acids is 2. The molecule has 7 nitrogen and oxygen atoms in total. The average Bonchev–Trinajstić information content (AvgIpc) is 2.97. The molecule has 0 aliphatic heterocycles. The van der Waals surface area contributed by atoms with Crippen molar-refractivity contribution in [3.05, 3.63) is 54.9 Å². The number of nitrogens with zero attached hydrogens (tertiary/aromatic N) is 1. The molecular weight excluding hydrogens is 414 g/mol. The van der Waals surface area contributed by atoms with Gasteiger partial charge < -0.3 is 11.1 Å². The Hall–Kier alpha value is -2.45. The number of primary amides is 1. The van der Waals surface area contributed by atoms with Gasteiger partial charge in [-0.25, -0.2) is 0 Å². The van der Waals surface area contributed by atoms with E-state index in [1.165, 1.54) is 23.5 Å². The van der Waals surface area contributed by atoms with Gasteiger partial charge in [-0.05, 0) is 48.3 Å². The lowest BCUT2D eigenvalue weighted by Gasteiger charge is -2.33. The Morgan fingerprint density at radius 1 is 1.34 bits per heavy atom. The fraction of sp³-hybridized carbons (Fsp3) is 0.400. The van der Waals surface area contributed by atoms with Crippen LogP contribution in [0.3, 0.4) is 0 Å². The molecule has 1 aromatic heterocycles. The lowest BCUT2D eigenvalue weighted by molar-refractivity contribution is -0.385. The molecular formula is C20H22ClN3O4S. The molecule has 0 spiro atoms. The van der Waals surface area contributed by atoms with E-state index in [1.807, 2.05) is 0 Å². The molecule has 154 valence electrons. The fourth-order valence-electron chi connectivity index (χ4n) is 3.69. The fourth-order valence-corrected chi connectivity index (χ4v) is 5.19. The summed E-state index contributed by atoms with van der Waals surface area (Å²) in [4.78, 5) is 36.5. The summed E-state index contributed by atoms with van der Waals surface area (Å²) in [5.41, 5.74) is 6.39. The number of fused-ring (bicyclic) bond motifs is 1. The number of nitro groups is 1. The third-order valence-corrected chi connectivity index (χ3v) is 6.77. The number of anilines is 1. The highest BCUT2D eigenvalue weighted by atomic mass is 35.5. The lowest BCUT2D eigenvalue weighted by atomic mass is 9.72. The van der Waals surface area contributed by atoms with Crippen molar-refractivity contribution in [3.8, 4) is 0 Å². The predicted molar refractivity (Wildman–Crippen MR) is 114 cm³/mol. The highest BCUT2D eigenvalue weighted by molar-refractivity contribution is 7.17. The van der Waals surface area contributed by atoms with Crippen molar-refractivity contribution in [3.63, 3.8) is 0 Å².